The molecule has 0 saturated carbocycles. The number of nitrogens with one attached hydrogen (secondary N) is 1. The second-order valence-corrected chi connectivity index (χ2v) is 4.42. The van der Waals surface area contributed by atoms with Crippen molar-refractivity contribution in [1.29, 1.82) is 0 Å². The van der Waals surface area contributed by atoms with Crippen LogP contribution in [0.2, 0.25) is 0 Å². The lowest BCUT2D eigenvalue weighted by Crippen LogP contribution is -2.39. The van der Waals surface area contributed by atoms with Gasteiger partial charge in [0, 0.05) is 19.2 Å². The van der Waals surface area contributed by atoms with E-state index in [0.717, 1.165) is 0 Å². The summed E-state index contributed by atoms with van der Waals surface area (Å²) in [6.07, 6.45) is 0.715. The van der Waals surface area contributed by atoms with Gasteiger partial charge in [0.1, 0.15) is 0 Å². The van der Waals surface area contributed by atoms with E-state index in [2.05, 4.69) is 19.2 Å². The largest absolute Gasteiger partial charge is 0.466 e. The van der Waals surface area contributed by atoms with E-state index < -0.39 is 0 Å². The quantitative estimate of drug-likeness (QED) is 0.616. The van der Waals surface area contributed by atoms with Crippen LogP contribution in [0.3, 0.4) is 0 Å². The van der Waals surface area contributed by atoms with Crippen LogP contribution in [-0.4, -0.2) is 36.9 Å². The van der Waals surface area contributed by atoms with Crippen molar-refractivity contribution in [3.8, 4) is 0 Å². The average molecular weight is 231 g/mol. The first-order valence-corrected chi connectivity index (χ1v) is 6.03. The molecule has 96 valence electrons. The first kappa shape index (κ1) is 15.4. The average Bonchev–Trinajstić information content (AvgIpc) is 2.23. The smallest absolute Gasteiger partial charge is 0.309 e. The number of hydrogen-bond acceptors (Lipinski definition) is 4. The van der Waals surface area contributed by atoms with Gasteiger partial charge in [-0.3, -0.25) is 4.79 Å². The van der Waals surface area contributed by atoms with Gasteiger partial charge in [-0.2, -0.15) is 0 Å². The zero-order valence-corrected chi connectivity index (χ0v) is 10.8. The predicted molar refractivity (Wildman–Crippen MR) is 64.1 cm³/mol. The second kappa shape index (κ2) is 8.53. The molecule has 0 aromatic carbocycles. The van der Waals surface area contributed by atoms with Crippen LogP contribution in [0.15, 0.2) is 0 Å². The minimum absolute atomic E-state index is 0.139. The van der Waals surface area contributed by atoms with E-state index in [9.17, 15) is 4.79 Å². The Morgan fingerprint density at radius 1 is 1.38 bits per heavy atom. The second-order valence-electron chi connectivity index (χ2n) is 4.42. The van der Waals surface area contributed by atoms with Crippen molar-refractivity contribution in [2.24, 2.45) is 11.8 Å². The molecule has 0 aliphatic rings. The van der Waals surface area contributed by atoms with Crippen molar-refractivity contribution < 1.29 is 14.6 Å². The van der Waals surface area contributed by atoms with Gasteiger partial charge in [0.15, 0.2) is 0 Å². The summed E-state index contributed by atoms with van der Waals surface area (Å²) >= 11 is 0. The van der Waals surface area contributed by atoms with Crippen molar-refractivity contribution in [3.05, 3.63) is 0 Å². The molecule has 16 heavy (non-hydrogen) atoms. The number of aliphatic hydroxyl groups excluding tert-OH is 1. The van der Waals surface area contributed by atoms with Gasteiger partial charge in [-0.25, -0.2) is 0 Å². The number of aliphatic hydroxyl groups is 1. The number of carbonyl (C=O) groups excluding carboxylic acids is 1. The number of rotatable bonds is 8. The van der Waals surface area contributed by atoms with Crippen LogP contribution in [0.5, 0.6) is 0 Å². The predicted octanol–water partition coefficient (Wildman–Crippen LogP) is 1.18. The molecule has 0 aromatic heterocycles. The fraction of sp³-hybridized carbons (Fsp3) is 0.917. The Hall–Kier alpha value is -0.610. The molecular weight excluding hydrogens is 206 g/mol. The third-order valence-electron chi connectivity index (χ3n) is 2.62. The highest BCUT2D eigenvalue weighted by Crippen LogP contribution is 2.07. The number of ether oxygens (including phenoxy) is 1. The minimum atomic E-state index is -0.165. The van der Waals surface area contributed by atoms with Crippen LogP contribution in [0.4, 0.5) is 0 Å². The summed E-state index contributed by atoms with van der Waals surface area (Å²) < 4.78 is 4.93. The summed E-state index contributed by atoms with van der Waals surface area (Å²) in [7, 11) is 0. The Balaban J connectivity index is 3.95. The molecule has 0 bridgehead atoms. The lowest BCUT2D eigenvalue weighted by atomic mass is 10.0. The number of esters is 1. The molecule has 0 saturated heterocycles. The highest BCUT2D eigenvalue weighted by atomic mass is 16.5. The zero-order chi connectivity index (χ0) is 12.6. The van der Waals surface area contributed by atoms with E-state index in [1.165, 1.54) is 0 Å². The molecule has 0 spiro atoms. The van der Waals surface area contributed by atoms with Gasteiger partial charge in [-0.1, -0.05) is 20.8 Å². The van der Waals surface area contributed by atoms with E-state index >= 15 is 0 Å². The molecule has 2 unspecified atom stereocenters. The Morgan fingerprint density at radius 2 is 2.00 bits per heavy atom. The maximum absolute atomic E-state index is 11.4. The molecule has 0 rings (SSSR count). The molecule has 4 nitrogen and oxygen atoms in total. The Bertz CT molecular complexity index is 195. The van der Waals surface area contributed by atoms with E-state index in [1.807, 2.05) is 6.92 Å². The Kier molecular flexibility index (Phi) is 8.21. The Morgan fingerprint density at radius 3 is 2.44 bits per heavy atom. The van der Waals surface area contributed by atoms with E-state index in [1.54, 1.807) is 6.92 Å². The molecule has 0 heterocycles. The van der Waals surface area contributed by atoms with Crippen molar-refractivity contribution in [2.45, 2.75) is 40.2 Å². The first-order chi connectivity index (χ1) is 7.52. The zero-order valence-electron chi connectivity index (χ0n) is 10.8. The number of carbonyl (C=O) groups is 1. The summed E-state index contributed by atoms with van der Waals surface area (Å²) in [5.74, 6) is 0.142. The topological polar surface area (TPSA) is 58.6 Å². The highest BCUT2D eigenvalue weighted by molar-refractivity contribution is 5.72. The summed E-state index contributed by atoms with van der Waals surface area (Å²) in [6.45, 7) is 9.05. The first-order valence-electron chi connectivity index (χ1n) is 6.03. The maximum Gasteiger partial charge on any atom is 0.309 e. The van der Waals surface area contributed by atoms with Crippen LogP contribution in [0.25, 0.3) is 0 Å². The molecule has 0 aromatic rings. The standard InChI is InChI=1S/C12H25NO3/c1-5-16-12(15)10(4)8-13-11(6-7-14)9(2)3/h9-11,13-14H,5-8H2,1-4H3. The molecule has 0 radical (unpaired) electrons. The van der Waals surface area contributed by atoms with Gasteiger partial charge in [0.25, 0.3) is 0 Å². The highest BCUT2D eigenvalue weighted by Gasteiger charge is 2.17. The van der Waals surface area contributed by atoms with E-state index in [-0.39, 0.29) is 24.5 Å². The van der Waals surface area contributed by atoms with Crippen molar-refractivity contribution in [3.63, 3.8) is 0 Å². The molecule has 0 amide bonds. The van der Waals surface area contributed by atoms with E-state index in [0.29, 0.717) is 25.5 Å². The van der Waals surface area contributed by atoms with Gasteiger partial charge < -0.3 is 15.2 Å². The van der Waals surface area contributed by atoms with Gasteiger partial charge in [-0.15, -0.1) is 0 Å². The Labute approximate surface area is 98.4 Å². The van der Waals surface area contributed by atoms with Crippen LogP contribution in [-0.2, 0) is 9.53 Å². The van der Waals surface area contributed by atoms with Crippen LogP contribution in [0, 0.1) is 11.8 Å². The van der Waals surface area contributed by atoms with Gasteiger partial charge in [0.2, 0.25) is 0 Å². The SMILES string of the molecule is CCOC(=O)C(C)CNC(CCO)C(C)C. The lowest BCUT2D eigenvalue weighted by molar-refractivity contribution is -0.147. The van der Waals surface area contributed by atoms with Crippen molar-refractivity contribution >= 4 is 5.97 Å². The van der Waals surface area contributed by atoms with Crippen LogP contribution < -0.4 is 5.32 Å². The summed E-state index contributed by atoms with van der Waals surface area (Å²) in [5.41, 5.74) is 0. The molecule has 2 N–H and O–H groups in total. The molecule has 0 fully saturated rings. The van der Waals surface area contributed by atoms with E-state index in [4.69, 9.17) is 9.84 Å². The molecule has 2 atom stereocenters. The number of hydrogen-bond donors (Lipinski definition) is 2. The third kappa shape index (κ3) is 6.08. The molecular formula is C12H25NO3. The summed E-state index contributed by atoms with van der Waals surface area (Å²) in [4.78, 5) is 11.4. The van der Waals surface area contributed by atoms with Crippen LogP contribution in [0.1, 0.15) is 34.1 Å². The van der Waals surface area contributed by atoms with Crippen LogP contribution >= 0.6 is 0 Å². The molecule has 0 aliphatic heterocycles. The lowest BCUT2D eigenvalue weighted by Gasteiger charge is -2.23. The summed E-state index contributed by atoms with van der Waals surface area (Å²) in [5, 5.41) is 12.2. The fourth-order valence-electron chi connectivity index (χ4n) is 1.51. The molecule has 0 aliphatic carbocycles. The minimum Gasteiger partial charge on any atom is -0.466 e. The third-order valence-corrected chi connectivity index (χ3v) is 2.62. The van der Waals surface area contributed by atoms with Gasteiger partial charge in [0.05, 0.1) is 12.5 Å². The van der Waals surface area contributed by atoms with Gasteiger partial charge in [-0.05, 0) is 19.3 Å². The fourth-order valence-corrected chi connectivity index (χ4v) is 1.51. The monoisotopic (exact) mass is 231 g/mol. The normalized spacial score (nSPS) is 14.9. The summed E-state index contributed by atoms with van der Waals surface area (Å²) in [6, 6.07) is 0.252. The van der Waals surface area contributed by atoms with Crippen molar-refractivity contribution in [2.75, 3.05) is 19.8 Å². The van der Waals surface area contributed by atoms with Crippen molar-refractivity contribution in [1.82, 2.24) is 5.32 Å². The molecule has 4 heteroatoms. The van der Waals surface area contributed by atoms with Gasteiger partial charge >= 0.3 is 5.97 Å². The maximum atomic E-state index is 11.4.